The summed E-state index contributed by atoms with van der Waals surface area (Å²) < 4.78 is 6.19. The molecule has 0 aliphatic carbocycles. The van der Waals surface area contributed by atoms with Crippen LogP contribution in [0.5, 0.6) is 5.75 Å². The number of hydrogen-bond acceptors (Lipinski definition) is 5. The highest BCUT2D eigenvalue weighted by molar-refractivity contribution is 9.10. The first-order valence-corrected chi connectivity index (χ1v) is 9.46. The van der Waals surface area contributed by atoms with Crippen LogP contribution in [0.3, 0.4) is 0 Å². The Morgan fingerprint density at radius 3 is 2.34 bits per heavy atom. The molecule has 146 valence electrons. The molecule has 1 atom stereocenters. The van der Waals surface area contributed by atoms with Gasteiger partial charge in [0.15, 0.2) is 6.10 Å². The van der Waals surface area contributed by atoms with E-state index in [1.165, 1.54) is 6.21 Å². The molecule has 0 unspecified atom stereocenters. The van der Waals surface area contributed by atoms with Crippen molar-refractivity contribution in [2.45, 2.75) is 6.10 Å². The summed E-state index contributed by atoms with van der Waals surface area (Å²) in [5.41, 5.74) is 3.63. The highest BCUT2D eigenvalue weighted by Gasteiger charge is 2.16. The number of nitrogens with one attached hydrogen (secondary N) is 1. The zero-order chi connectivity index (χ0) is 20.6. The fourth-order valence-corrected chi connectivity index (χ4v) is 2.84. The number of amides is 1. The van der Waals surface area contributed by atoms with Gasteiger partial charge in [-0.1, -0.05) is 64.5 Å². The molecule has 3 rings (SSSR count). The maximum absolute atomic E-state index is 12.3. The van der Waals surface area contributed by atoms with Crippen LogP contribution in [0.25, 0.3) is 0 Å². The van der Waals surface area contributed by atoms with Crippen LogP contribution < -0.4 is 10.2 Å². The molecule has 0 aromatic heterocycles. The van der Waals surface area contributed by atoms with Gasteiger partial charge in [-0.05, 0) is 35.9 Å². The number of rotatable bonds is 6. The van der Waals surface area contributed by atoms with Crippen molar-refractivity contribution in [2.75, 3.05) is 0 Å². The van der Waals surface area contributed by atoms with Gasteiger partial charge in [0, 0.05) is 10.0 Å². The minimum atomic E-state index is -1.34. The number of ether oxygens (including phenoxy) is 1. The number of nitrogens with zero attached hydrogens (tertiary/aromatic N) is 1. The van der Waals surface area contributed by atoms with Crippen molar-refractivity contribution in [1.29, 1.82) is 0 Å². The van der Waals surface area contributed by atoms with E-state index in [2.05, 4.69) is 26.5 Å². The van der Waals surface area contributed by atoms with Gasteiger partial charge in [0.1, 0.15) is 5.75 Å². The average molecular weight is 453 g/mol. The molecule has 3 aromatic carbocycles. The summed E-state index contributed by atoms with van der Waals surface area (Å²) in [5, 5.41) is 13.9. The maximum atomic E-state index is 12.3. The smallest absolute Gasteiger partial charge is 0.343 e. The summed E-state index contributed by atoms with van der Waals surface area (Å²) in [6, 6.07) is 22.2. The number of carbonyl (C=O) groups is 2. The van der Waals surface area contributed by atoms with Gasteiger partial charge < -0.3 is 9.84 Å². The van der Waals surface area contributed by atoms with Crippen LogP contribution in [-0.4, -0.2) is 23.2 Å². The van der Waals surface area contributed by atoms with Gasteiger partial charge in [-0.3, -0.25) is 4.79 Å². The van der Waals surface area contributed by atoms with E-state index in [9.17, 15) is 14.7 Å². The van der Waals surface area contributed by atoms with Gasteiger partial charge in [0.2, 0.25) is 0 Å². The molecular weight excluding hydrogens is 436 g/mol. The molecule has 0 saturated heterocycles. The van der Waals surface area contributed by atoms with E-state index in [-0.39, 0.29) is 5.75 Å². The number of hydrazone groups is 1. The third-order valence-electron chi connectivity index (χ3n) is 3.93. The van der Waals surface area contributed by atoms with Gasteiger partial charge in [0.25, 0.3) is 5.91 Å². The molecule has 0 radical (unpaired) electrons. The first-order valence-electron chi connectivity index (χ1n) is 8.67. The third-order valence-corrected chi connectivity index (χ3v) is 4.42. The zero-order valence-electron chi connectivity index (χ0n) is 15.2. The monoisotopic (exact) mass is 452 g/mol. The molecular formula is C22H17BrN2O4. The summed E-state index contributed by atoms with van der Waals surface area (Å²) in [4.78, 5) is 24.4. The van der Waals surface area contributed by atoms with E-state index >= 15 is 0 Å². The molecule has 1 amide bonds. The Hall–Kier alpha value is -3.29. The van der Waals surface area contributed by atoms with Crippen molar-refractivity contribution in [2.24, 2.45) is 5.10 Å². The maximum Gasteiger partial charge on any atom is 0.343 e. The van der Waals surface area contributed by atoms with E-state index < -0.39 is 18.0 Å². The lowest BCUT2D eigenvalue weighted by molar-refractivity contribution is -0.129. The lowest BCUT2D eigenvalue weighted by Crippen LogP contribution is -2.25. The quantitative estimate of drug-likeness (QED) is 0.257. The van der Waals surface area contributed by atoms with E-state index in [0.29, 0.717) is 16.7 Å². The van der Waals surface area contributed by atoms with Gasteiger partial charge in [-0.15, -0.1) is 0 Å². The number of hydrogen-bond donors (Lipinski definition) is 2. The largest absolute Gasteiger partial charge is 0.422 e. The van der Waals surface area contributed by atoms with E-state index in [0.717, 1.165) is 4.47 Å². The number of aliphatic hydroxyl groups is 1. The molecule has 0 spiro atoms. The minimum absolute atomic E-state index is 0.281. The van der Waals surface area contributed by atoms with Gasteiger partial charge in [-0.2, -0.15) is 5.10 Å². The van der Waals surface area contributed by atoms with E-state index in [1.54, 1.807) is 78.9 Å². The summed E-state index contributed by atoms with van der Waals surface area (Å²) in [5.74, 6) is -0.903. The van der Waals surface area contributed by atoms with Crippen LogP contribution >= 0.6 is 15.9 Å². The Morgan fingerprint density at radius 2 is 1.66 bits per heavy atom. The topological polar surface area (TPSA) is 88.0 Å². The Balaban J connectivity index is 1.71. The fourth-order valence-electron chi connectivity index (χ4n) is 2.46. The molecule has 0 aliphatic rings. The van der Waals surface area contributed by atoms with Crippen molar-refractivity contribution in [1.82, 2.24) is 5.43 Å². The number of carbonyl (C=O) groups excluding carboxylic acids is 2. The van der Waals surface area contributed by atoms with E-state index in [4.69, 9.17) is 4.74 Å². The first-order chi connectivity index (χ1) is 14.0. The second kappa shape index (κ2) is 9.77. The molecule has 0 saturated carbocycles. The van der Waals surface area contributed by atoms with Crippen molar-refractivity contribution in [3.8, 4) is 5.75 Å². The van der Waals surface area contributed by atoms with Crippen LogP contribution in [0.15, 0.2) is 88.4 Å². The van der Waals surface area contributed by atoms with Crippen molar-refractivity contribution >= 4 is 34.0 Å². The predicted molar refractivity (Wildman–Crippen MR) is 113 cm³/mol. The SMILES string of the molecule is O=C(Oc1ccc(Br)cc1/C=N\NC(=O)[C@H](O)c1ccccc1)c1ccccc1. The minimum Gasteiger partial charge on any atom is -0.422 e. The molecule has 7 heteroatoms. The Kier molecular flexibility index (Phi) is 6.89. The van der Waals surface area contributed by atoms with E-state index in [1.807, 2.05) is 0 Å². The summed E-state index contributed by atoms with van der Waals surface area (Å²) in [7, 11) is 0. The summed E-state index contributed by atoms with van der Waals surface area (Å²) in [6.45, 7) is 0. The van der Waals surface area contributed by atoms with Crippen LogP contribution in [-0.2, 0) is 4.79 Å². The number of halogens is 1. The summed E-state index contributed by atoms with van der Waals surface area (Å²) in [6.07, 6.45) is -0.000196. The molecule has 2 N–H and O–H groups in total. The molecule has 6 nitrogen and oxygen atoms in total. The van der Waals surface area contributed by atoms with Crippen LogP contribution in [0, 0.1) is 0 Å². The molecule has 3 aromatic rings. The van der Waals surface area contributed by atoms with Crippen LogP contribution in [0.1, 0.15) is 27.6 Å². The van der Waals surface area contributed by atoms with Gasteiger partial charge in [0.05, 0.1) is 11.8 Å². The van der Waals surface area contributed by atoms with Gasteiger partial charge >= 0.3 is 5.97 Å². The third kappa shape index (κ3) is 5.60. The van der Waals surface area contributed by atoms with Crippen molar-refractivity contribution < 1.29 is 19.4 Å². The van der Waals surface area contributed by atoms with Crippen LogP contribution in [0.4, 0.5) is 0 Å². The molecule has 0 heterocycles. The Morgan fingerprint density at radius 1 is 1.00 bits per heavy atom. The predicted octanol–water partition coefficient (Wildman–Crippen LogP) is 3.85. The Labute approximate surface area is 176 Å². The normalized spacial score (nSPS) is 11.8. The standard InChI is InChI=1S/C22H17BrN2O4/c23-18-11-12-19(29-22(28)16-9-5-2-6-10-16)17(13-18)14-24-25-21(27)20(26)15-7-3-1-4-8-15/h1-14,20,26H,(H,25,27)/b24-14-/t20-/m1/s1. The summed E-state index contributed by atoms with van der Waals surface area (Å²) >= 11 is 3.35. The molecule has 0 aliphatic heterocycles. The van der Waals surface area contributed by atoms with Crippen molar-refractivity contribution in [3.63, 3.8) is 0 Å². The van der Waals surface area contributed by atoms with Crippen molar-refractivity contribution in [3.05, 3.63) is 100 Å². The number of benzene rings is 3. The highest BCUT2D eigenvalue weighted by atomic mass is 79.9. The van der Waals surface area contributed by atoms with Gasteiger partial charge in [-0.25, -0.2) is 10.2 Å². The lowest BCUT2D eigenvalue weighted by atomic mass is 10.1. The molecule has 0 fully saturated rings. The second-order valence-electron chi connectivity index (χ2n) is 5.99. The molecule has 0 bridgehead atoms. The number of esters is 1. The number of aliphatic hydroxyl groups excluding tert-OH is 1. The Bertz CT molecular complexity index is 1020. The molecule has 29 heavy (non-hydrogen) atoms. The zero-order valence-corrected chi connectivity index (χ0v) is 16.7. The average Bonchev–Trinajstić information content (AvgIpc) is 2.76. The lowest BCUT2D eigenvalue weighted by Gasteiger charge is -2.09. The highest BCUT2D eigenvalue weighted by Crippen LogP contribution is 2.23. The second-order valence-corrected chi connectivity index (χ2v) is 6.90. The first kappa shape index (κ1) is 20.4. The fraction of sp³-hybridized carbons (Fsp3) is 0.0455. The van der Waals surface area contributed by atoms with Crippen LogP contribution in [0.2, 0.25) is 0 Å².